The van der Waals surface area contributed by atoms with Crippen LogP contribution < -0.4 is 5.32 Å². The number of hydrogen-bond donors (Lipinski definition) is 2. The molecule has 0 aliphatic heterocycles. The Bertz CT molecular complexity index is 875. The van der Waals surface area contributed by atoms with Crippen molar-refractivity contribution in [2.24, 2.45) is 0 Å². The Morgan fingerprint density at radius 3 is 2.68 bits per heavy atom. The fraction of sp³-hybridized carbons (Fsp3) is 0.118. The van der Waals surface area contributed by atoms with Crippen molar-refractivity contribution in [3.8, 4) is 0 Å². The van der Waals surface area contributed by atoms with Crippen LogP contribution in [0.3, 0.4) is 0 Å². The van der Waals surface area contributed by atoms with E-state index in [4.69, 9.17) is 5.11 Å². The van der Waals surface area contributed by atoms with E-state index in [0.717, 1.165) is 27.7 Å². The summed E-state index contributed by atoms with van der Waals surface area (Å²) in [5, 5.41) is 13.1. The van der Waals surface area contributed by atoms with Crippen LogP contribution in [-0.2, 0) is 0 Å². The molecule has 0 radical (unpaired) electrons. The van der Waals surface area contributed by atoms with Gasteiger partial charge in [0.25, 0.3) is 0 Å². The molecular formula is C17H15N3O2. The number of benzene rings is 2. The highest BCUT2D eigenvalue weighted by molar-refractivity contribution is 5.88. The van der Waals surface area contributed by atoms with Crippen molar-refractivity contribution in [1.82, 2.24) is 9.97 Å². The lowest BCUT2D eigenvalue weighted by Gasteiger charge is -2.10. The molecule has 0 atom stereocenters. The Balaban J connectivity index is 1.96. The summed E-state index contributed by atoms with van der Waals surface area (Å²) in [7, 11) is 0. The molecule has 0 bridgehead atoms. The second-order valence-corrected chi connectivity index (χ2v) is 5.17. The van der Waals surface area contributed by atoms with E-state index in [0.29, 0.717) is 5.95 Å². The minimum atomic E-state index is -0.938. The minimum absolute atomic E-state index is 0.262. The number of carboxylic acid groups (broad SMARTS) is 1. The highest BCUT2D eigenvalue weighted by atomic mass is 16.4. The number of nitrogens with zero attached hydrogens (tertiary/aromatic N) is 2. The predicted octanol–water partition coefficient (Wildman–Crippen LogP) is 3.69. The van der Waals surface area contributed by atoms with Crippen LogP contribution in [0.4, 0.5) is 11.6 Å². The quantitative estimate of drug-likeness (QED) is 0.770. The van der Waals surface area contributed by atoms with Crippen molar-refractivity contribution < 1.29 is 9.90 Å². The number of aromatic nitrogens is 2. The first kappa shape index (κ1) is 14.0. The molecule has 22 heavy (non-hydrogen) atoms. The number of carboxylic acids is 1. The molecule has 0 amide bonds. The van der Waals surface area contributed by atoms with E-state index in [1.807, 2.05) is 32.0 Å². The van der Waals surface area contributed by atoms with Crippen LogP contribution in [0.15, 0.2) is 42.6 Å². The zero-order chi connectivity index (χ0) is 15.7. The summed E-state index contributed by atoms with van der Waals surface area (Å²) in [6, 6.07) is 10.9. The van der Waals surface area contributed by atoms with Crippen molar-refractivity contribution in [3.05, 3.63) is 59.3 Å². The van der Waals surface area contributed by atoms with Gasteiger partial charge in [0.2, 0.25) is 5.95 Å². The van der Waals surface area contributed by atoms with E-state index in [2.05, 4.69) is 15.3 Å². The molecule has 0 aliphatic rings. The lowest BCUT2D eigenvalue weighted by Crippen LogP contribution is -2.02. The summed E-state index contributed by atoms with van der Waals surface area (Å²) in [6.07, 6.45) is 1.78. The maximum absolute atomic E-state index is 11.0. The number of carbonyl (C=O) groups is 1. The van der Waals surface area contributed by atoms with Crippen molar-refractivity contribution in [1.29, 1.82) is 0 Å². The number of fused-ring (bicyclic) bond motifs is 1. The SMILES string of the molecule is Cc1cc(C(=O)O)ccc1Nc1ncc2cccc(C)c2n1. The molecule has 3 aromatic rings. The maximum Gasteiger partial charge on any atom is 0.335 e. The maximum atomic E-state index is 11.0. The summed E-state index contributed by atoms with van der Waals surface area (Å²) >= 11 is 0. The van der Waals surface area contributed by atoms with Crippen LogP contribution in [0, 0.1) is 13.8 Å². The highest BCUT2D eigenvalue weighted by Gasteiger charge is 2.08. The van der Waals surface area contributed by atoms with Gasteiger partial charge in [0.05, 0.1) is 11.1 Å². The van der Waals surface area contributed by atoms with Crippen molar-refractivity contribution >= 4 is 28.5 Å². The third-order valence-electron chi connectivity index (χ3n) is 3.53. The van der Waals surface area contributed by atoms with Crippen LogP contribution in [0.2, 0.25) is 0 Å². The minimum Gasteiger partial charge on any atom is -0.478 e. The van der Waals surface area contributed by atoms with Gasteiger partial charge in [0, 0.05) is 17.3 Å². The molecule has 0 aliphatic carbocycles. The Kier molecular flexibility index (Phi) is 3.47. The smallest absolute Gasteiger partial charge is 0.335 e. The largest absolute Gasteiger partial charge is 0.478 e. The lowest BCUT2D eigenvalue weighted by molar-refractivity contribution is 0.0697. The van der Waals surface area contributed by atoms with Crippen molar-refractivity contribution in [3.63, 3.8) is 0 Å². The molecule has 0 saturated heterocycles. The average Bonchev–Trinajstić information content (AvgIpc) is 2.50. The van der Waals surface area contributed by atoms with Gasteiger partial charge >= 0.3 is 5.97 Å². The van der Waals surface area contributed by atoms with Gasteiger partial charge < -0.3 is 10.4 Å². The van der Waals surface area contributed by atoms with Gasteiger partial charge in [-0.05, 0) is 43.2 Å². The molecule has 0 unspecified atom stereocenters. The van der Waals surface area contributed by atoms with Gasteiger partial charge in [-0.15, -0.1) is 0 Å². The summed E-state index contributed by atoms with van der Waals surface area (Å²) in [5.41, 5.74) is 3.87. The van der Waals surface area contributed by atoms with Crippen molar-refractivity contribution in [2.45, 2.75) is 13.8 Å². The van der Waals surface area contributed by atoms with E-state index >= 15 is 0 Å². The van der Waals surface area contributed by atoms with E-state index < -0.39 is 5.97 Å². The van der Waals surface area contributed by atoms with Gasteiger partial charge in [0.15, 0.2) is 0 Å². The summed E-state index contributed by atoms with van der Waals surface area (Å²) in [6.45, 7) is 3.85. The molecule has 5 heteroatoms. The molecule has 0 fully saturated rings. The lowest BCUT2D eigenvalue weighted by atomic mass is 10.1. The standard InChI is InChI=1S/C17H15N3O2/c1-10-4-3-5-13-9-18-17(20-15(10)13)19-14-7-6-12(16(21)22)8-11(14)2/h3-9H,1-2H3,(H,21,22)(H,18,19,20). The first-order valence-corrected chi connectivity index (χ1v) is 6.88. The van der Waals surface area contributed by atoms with Gasteiger partial charge in [-0.25, -0.2) is 14.8 Å². The molecule has 2 N–H and O–H groups in total. The molecule has 110 valence electrons. The predicted molar refractivity (Wildman–Crippen MR) is 85.7 cm³/mol. The number of aryl methyl sites for hydroxylation is 2. The Labute approximate surface area is 127 Å². The normalized spacial score (nSPS) is 10.6. The van der Waals surface area contributed by atoms with Crippen LogP contribution in [0.1, 0.15) is 21.5 Å². The summed E-state index contributed by atoms with van der Waals surface area (Å²) < 4.78 is 0. The second kappa shape index (κ2) is 5.44. The van der Waals surface area contributed by atoms with Gasteiger partial charge in [-0.1, -0.05) is 18.2 Å². The van der Waals surface area contributed by atoms with Gasteiger partial charge in [-0.3, -0.25) is 0 Å². The molecule has 2 aromatic carbocycles. The number of anilines is 2. The number of para-hydroxylation sites is 1. The second-order valence-electron chi connectivity index (χ2n) is 5.17. The monoisotopic (exact) mass is 293 g/mol. The number of rotatable bonds is 3. The zero-order valence-corrected chi connectivity index (χ0v) is 12.3. The molecule has 0 spiro atoms. The molecule has 1 heterocycles. The number of nitrogens with one attached hydrogen (secondary N) is 1. The van der Waals surface area contributed by atoms with E-state index in [1.54, 1.807) is 24.4 Å². The van der Waals surface area contributed by atoms with Crippen LogP contribution in [0.5, 0.6) is 0 Å². The Morgan fingerprint density at radius 2 is 1.95 bits per heavy atom. The Hall–Kier alpha value is -2.95. The summed E-state index contributed by atoms with van der Waals surface area (Å²) in [4.78, 5) is 19.8. The number of aromatic carboxylic acids is 1. The zero-order valence-electron chi connectivity index (χ0n) is 12.3. The first-order valence-electron chi connectivity index (χ1n) is 6.88. The van der Waals surface area contributed by atoms with Gasteiger partial charge in [0.1, 0.15) is 0 Å². The third kappa shape index (κ3) is 2.61. The van der Waals surface area contributed by atoms with Gasteiger partial charge in [-0.2, -0.15) is 0 Å². The fourth-order valence-electron chi connectivity index (χ4n) is 2.32. The molecular weight excluding hydrogens is 278 g/mol. The summed E-state index contributed by atoms with van der Waals surface area (Å²) in [5.74, 6) is -0.444. The topological polar surface area (TPSA) is 75.1 Å². The van der Waals surface area contributed by atoms with Crippen LogP contribution >= 0.6 is 0 Å². The molecule has 0 saturated carbocycles. The molecule has 1 aromatic heterocycles. The Morgan fingerprint density at radius 1 is 1.14 bits per heavy atom. The van der Waals surface area contributed by atoms with E-state index in [-0.39, 0.29) is 5.56 Å². The molecule has 5 nitrogen and oxygen atoms in total. The average molecular weight is 293 g/mol. The van der Waals surface area contributed by atoms with E-state index in [1.165, 1.54) is 0 Å². The van der Waals surface area contributed by atoms with E-state index in [9.17, 15) is 4.79 Å². The van der Waals surface area contributed by atoms with Crippen molar-refractivity contribution in [2.75, 3.05) is 5.32 Å². The number of hydrogen-bond acceptors (Lipinski definition) is 4. The fourth-order valence-corrected chi connectivity index (χ4v) is 2.32. The first-order chi connectivity index (χ1) is 10.5. The third-order valence-corrected chi connectivity index (χ3v) is 3.53. The van der Waals surface area contributed by atoms with Crippen LogP contribution in [0.25, 0.3) is 10.9 Å². The molecule has 3 rings (SSSR count). The van der Waals surface area contributed by atoms with Crippen LogP contribution in [-0.4, -0.2) is 21.0 Å². The highest BCUT2D eigenvalue weighted by Crippen LogP contribution is 2.22.